The number of rotatable bonds is 7. The molecule has 0 amide bonds. The van der Waals surface area contributed by atoms with Crippen LogP contribution in [-0.4, -0.2) is 53.7 Å². The Balaban J connectivity index is 2.08. The number of aliphatic hydroxyl groups is 1. The number of ether oxygens (including phenoxy) is 1. The minimum atomic E-state index is -1.17. The van der Waals surface area contributed by atoms with Crippen LogP contribution in [0.25, 0.3) is 0 Å². The van der Waals surface area contributed by atoms with E-state index in [4.69, 9.17) is 4.74 Å². The highest BCUT2D eigenvalue weighted by Gasteiger charge is 2.29. The van der Waals surface area contributed by atoms with Crippen molar-refractivity contribution in [3.8, 4) is 0 Å². The van der Waals surface area contributed by atoms with Crippen molar-refractivity contribution in [2.24, 2.45) is 0 Å². The molecule has 1 atom stereocenters. The van der Waals surface area contributed by atoms with Crippen LogP contribution in [0.3, 0.4) is 0 Å². The number of aromatic nitrogens is 2. The summed E-state index contributed by atoms with van der Waals surface area (Å²) in [4.78, 5) is 12.7. The van der Waals surface area contributed by atoms with Crippen LogP contribution >= 0.6 is 0 Å². The maximum Gasteiger partial charge on any atom is 0.331 e. The summed E-state index contributed by atoms with van der Waals surface area (Å²) in [5.41, 5.74) is -0.0344. The average molecular weight is 342 g/mol. The first-order valence-corrected chi connectivity index (χ1v) is 11.7. The minimum absolute atomic E-state index is 0.0344. The number of anilines is 1. The second-order valence-electron chi connectivity index (χ2n) is 7.20. The van der Waals surface area contributed by atoms with Gasteiger partial charge in [0.15, 0.2) is 0 Å². The molecule has 2 heterocycles. The van der Waals surface area contributed by atoms with Crippen molar-refractivity contribution in [1.82, 2.24) is 9.78 Å². The Labute approximate surface area is 137 Å². The van der Waals surface area contributed by atoms with Gasteiger partial charge >= 0.3 is 5.69 Å². The molecule has 0 aromatic carbocycles. The predicted molar refractivity (Wildman–Crippen MR) is 90.4 cm³/mol. The molecule has 1 aliphatic rings. The fourth-order valence-corrected chi connectivity index (χ4v) is 3.35. The number of β-amino-alcohol motifs (C(OH)–C–C–N with tert-alkyl or cyclic N) is 1. The first-order valence-electron chi connectivity index (χ1n) is 7.99. The highest BCUT2D eigenvalue weighted by molar-refractivity contribution is 6.76. The molecule has 1 fully saturated rings. The number of nitro groups is 1. The first-order chi connectivity index (χ1) is 10.8. The lowest BCUT2D eigenvalue weighted by Gasteiger charge is -2.31. The molecule has 0 saturated carbocycles. The van der Waals surface area contributed by atoms with Crippen molar-refractivity contribution in [1.29, 1.82) is 0 Å². The molecule has 1 unspecified atom stereocenters. The molecular formula is C14H26N4O4Si. The largest absolute Gasteiger partial charge is 0.391 e. The molecule has 8 nitrogen and oxygen atoms in total. The van der Waals surface area contributed by atoms with E-state index >= 15 is 0 Å². The van der Waals surface area contributed by atoms with Crippen molar-refractivity contribution in [2.75, 3.05) is 24.6 Å². The Morgan fingerprint density at radius 2 is 2.26 bits per heavy atom. The third-order valence-electron chi connectivity index (χ3n) is 3.90. The van der Waals surface area contributed by atoms with Crippen LogP contribution < -0.4 is 4.90 Å². The monoisotopic (exact) mass is 342 g/mol. The molecule has 1 aliphatic heterocycles. The summed E-state index contributed by atoms with van der Waals surface area (Å²) < 4.78 is 7.20. The third-order valence-corrected chi connectivity index (χ3v) is 5.60. The molecule has 130 valence electrons. The van der Waals surface area contributed by atoms with E-state index in [1.807, 2.05) is 4.90 Å². The maximum absolute atomic E-state index is 11.2. The fraction of sp³-hybridized carbons (Fsp3) is 0.786. The van der Waals surface area contributed by atoms with Gasteiger partial charge in [-0.05, 0) is 18.9 Å². The standard InChI is InChI=1S/C14H26N4O4Si/c1-23(2,3)8-7-22-11-17-14(13(9-15-17)18(20)21)16-6-4-5-12(19)10-16/h9,12,19H,4-8,10-11H2,1-3H3. The molecule has 1 saturated heterocycles. The second kappa shape index (κ2) is 7.41. The van der Waals surface area contributed by atoms with Crippen molar-refractivity contribution in [2.45, 2.75) is 51.4 Å². The normalized spacial score (nSPS) is 19.1. The van der Waals surface area contributed by atoms with Crippen LogP contribution in [0.2, 0.25) is 25.7 Å². The highest BCUT2D eigenvalue weighted by atomic mass is 28.3. The number of nitrogens with zero attached hydrogens (tertiary/aromatic N) is 4. The van der Waals surface area contributed by atoms with Gasteiger partial charge in [-0.15, -0.1) is 0 Å². The molecular weight excluding hydrogens is 316 g/mol. The predicted octanol–water partition coefficient (Wildman–Crippen LogP) is 2.06. The van der Waals surface area contributed by atoms with Gasteiger partial charge in [-0.1, -0.05) is 19.6 Å². The summed E-state index contributed by atoms with van der Waals surface area (Å²) in [5.74, 6) is 0.432. The Morgan fingerprint density at radius 1 is 1.52 bits per heavy atom. The smallest absolute Gasteiger partial charge is 0.331 e. The van der Waals surface area contributed by atoms with Gasteiger partial charge in [-0.25, -0.2) is 4.68 Å². The van der Waals surface area contributed by atoms with Crippen LogP contribution in [0.4, 0.5) is 11.5 Å². The number of aliphatic hydroxyl groups excluding tert-OH is 1. The lowest BCUT2D eigenvalue weighted by molar-refractivity contribution is -0.384. The van der Waals surface area contributed by atoms with E-state index in [2.05, 4.69) is 24.7 Å². The quantitative estimate of drug-likeness (QED) is 0.353. The maximum atomic E-state index is 11.2. The zero-order valence-corrected chi connectivity index (χ0v) is 15.1. The van der Waals surface area contributed by atoms with Crippen LogP contribution in [0.1, 0.15) is 12.8 Å². The van der Waals surface area contributed by atoms with E-state index in [-0.39, 0.29) is 12.4 Å². The van der Waals surface area contributed by atoms with Crippen molar-refractivity contribution in [3.63, 3.8) is 0 Å². The van der Waals surface area contributed by atoms with E-state index in [1.54, 1.807) is 0 Å². The number of piperidine rings is 1. The second-order valence-corrected chi connectivity index (χ2v) is 12.8. The summed E-state index contributed by atoms with van der Waals surface area (Å²) in [5, 5.41) is 25.2. The van der Waals surface area contributed by atoms with Gasteiger partial charge in [0.1, 0.15) is 12.9 Å². The Morgan fingerprint density at radius 3 is 2.87 bits per heavy atom. The van der Waals surface area contributed by atoms with Gasteiger partial charge in [0, 0.05) is 27.8 Å². The van der Waals surface area contributed by atoms with Gasteiger partial charge < -0.3 is 14.7 Å². The van der Waals surface area contributed by atoms with E-state index in [0.29, 0.717) is 25.5 Å². The highest BCUT2D eigenvalue weighted by Crippen LogP contribution is 2.30. The van der Waals surface area contributed by atoms with Gasteiger partial charge in [0.25, 0.3) is 0 Å². The van der Waals surface area contributed by atoms with Gasteiger partial charge in [-0.3, -0.25) is 10.1 Å². The van der Waals surface area contributed by atoms with Crippen molar-refractivity contribution in [3.05, 3.63) is 16.3 Å². The summed E-state index contributed by atoms with van der Waals surface area (Å²) in [7, 11) is -1.17. The van der Waals surface area contributed by atoms with E-state index in [0.717, 1.165) is 18.9 Å². The lowest BCUT2D eigenvalue weighted by atomic mass is 10.1. The zero-order valence-electron chi connectivity index (χ0n) is 14.1. The zero-order chi connectivity index (χ0) is 17.0. The summed E-state index contributed by atoms with van der Waals surface area (Å²) in [6.07, 6.45) is 2.34. The summed E-state index contributed by atoms with van der Waals surface area (Å²) in [6.45, 7) is 8.71. The Bertz CT molecular complexity index is 543. The number of hydrogen-bond acceptors (Lipinski definition) is 6. The van der Waals surface area contributed by atoms with Crippen LogP contribution in [0, 0.1) is 10.1 Å². The third kappa shape index (κ3) is 5.01. The fourth-order valence-electron chi connectivity index (χ4n) is 2.59. The minimum Gasteiger partial charge on any atom is -0.391 e. The van der Waals surface area contributed by atoms with Crippen molar-refractivity contribution >= 4 is 19.6 Å². The molecule has 0 bridgehead atoms. The summed E-state index contributed by atoms with van der Waals surface area (Å²) in [6, 6.07) is 1.04. The SMILES string of the molecule is C[Si](C)(C)CCOCn1ncc([N+](=O)[O-])c1N1CCCC(O)C1. The van der Waals surface area contributed by atoms with E-state index in [1.165, 1.54) is 10.9 Å². The van der Waals surface area contributed by atoms with Gasteiger partial charge in [-0.2, -0.15) is 5.10 Å². The van der Waals surface area contributed by atoms with Crippen LogP contribution in [0.5, 0.6) is 0 Å². The Hall–Kier alpha value is -1.45. The lowest BCUT2D eigenvalue weighted by Crippen LogP contribution is -2.39. The molecule has 1 aromatic rings. The molecule has 23 heavy (non-hydrogen) atoms. The van der Waals surface area contributed by atoms with Gasteiger partial charge in [0.2, 0.25) is 5.82 Å². The van der Waals surface area contributed by atoms with Crippen LogP contribution in [0.15, 0.2) is 6.20 Å². The van der Waals surface area contributed by atoms with E-state index in [9.17, 15) is 15.2 Å². The molecule has 1 aromatic heterocycles. The first kappa shape index (κ1) is 17.9. The molecule has 2 rings (SSSR count). The van der Waals surface area contributed by atoms with Crippen molar-refractivity contribution < 1.29 is 14.8 Å². The molecule has 0 spiro atoms. The van der Waals surface area contributed by atoms with Crippen LogP contribution in [-0.2, 0) is 11.5 Å². The van der Waals surface area contributed by atoms with E-state index < -0.39 is 19.1 Å². The molecule has 0 aliphatic carbocycles. The molecule has 1 N–H and O–H groups in total. The number of hydrogen-bond donors (Lipinski definition) is 1. The van der Waals surface area contributed by atoms with Gasteiger partial charge in [0.05, 0.1) is 11.0 Å². The summed E-state index contributed by atoms with van der Waals surface area (Å²) >= 11 is 0. The molecule has 0 radical (unpaired) electrons. The average Bonchev–Trinajstić information content (AvgIpc) is 2.86. The topological polar surface area (TPSA) is 93.7 Å². The molecule has 9 heteroatoms. The Kier molecular flexibility index (Phi) is 5.77.